The van der Waals surface area contributed by atoms with E-state index in [0.29, 0.717) is 6.54 Å². The molecule has 1 saturated heterocycles. The molecule has 1 heterocycles. The third kappa shape index (κ3) is 4.91. The van der Waals surface area contributed by atoms with Crippen molar-refractivity contribution in [2.75, 3.05) is 18.8 Å². The molecule has 0 aromatic carbocycles. The number of rotatable bonds is 5. The molecule has 3 N–H and O–H groups in total. The maximum Gasteiger partial charge on any atom is 0.304 e. The van der Waals surface area contributed by atoms with Gasteiger partial charge in [0.05, 0.1) is 12.2 Å². The van der Waals surface area contributed by atoms with Gasteiger partial charge in [-0.05, 0) is 19.4 Å². The molecular formula is C9H18N2O4S. The van der Waals surface area contributed by atoms with Crippen LogP contribution in [0.3, 0.4) is 0 Å². The Balaban J connectivity index is 2.50. The van der Waals surface area contributed by atoms with Gasteiger partial charge in [0.2, 0.25) is 10.0 Å². The van der Waals surface area contributed by atoms with Gasteiger partial charge in [0.1, 0.15) is 0 Å². The lowest BCUT2D eigenvalue weighted by atomic mass is 9.99. The van der Waals surface area contributed by atoms with Crippen molar-refractivity contribution in [3.05, 3.63) is 0 Å². The van der Waals surface area contributed by atoms with Crippen LogP contribution in [0.4, 0.5) is 0 Å². The highest BCUT2D eigenvalue weighted by Gasteiger charge is 2.25. The summed E-state index contributed by atoms with van der Waals surface area (Å²) in [5.74, 6) is -0.948. The number of carboxylic acid groups (broad SMARTS) is 1. The molecule has 1 atom stereocenters. The monoisotopic (exact) mass is 250 g/mol. The Morgan fingerprint density at radius 2 is 2.12 bits per heavy atom. The molecule has 0 aliphatic carbocycles. The number of piperidine rings is 1. The summed E-state index contributed by atoms with van der Waals surface area (Å²) >= 11 is 0. The highest BCUT2D eigenvalue weighted by atomic mass is 32.2. The van der Waals surface area contributed by atoms with Crippen LogP contribution in [0.5, 0.6) is 0 Å². The van der Waals surface area contributed by atoms with Crippen molar-refractivity contribution in [2.45, 2.75) is 31.7 Å². The molecule has 0 bridgehead atoms. The minimum atomic E-state index is -3.46. The van der Waals surface area contributed by atoms with Crippen LogP contribution >= 0.6 is 0 Å². The quantitative estimate of drug-likeness (QED) is 0.691. The van der Waals surface area contributed by atoms with E-state index in [0.717, 1.165) is 25.8 Å². The smallest absolute Gasteiger partial charge is 0.304 e. The van der Waals surface area contributed by atoms with Crippen molar-refractivity contribution in [1.29, 1.82) is 0 Å². The molecule has 16 heavy (non-hydrogen) atoms. The molecule has 0 aromatic rings. The zero-order chi connectivity index (χ0) is 12.2. The van der Waals surface area contributed by atoms with Gasteiger partial charge in [0.25, 0.3) is 0 Å². The van der Waals surface area contributed by atoms with Gasteiger partial charge in [-0.1, -0.05) is 6.42 Å². The second kappa shape index (κ2) is 5.60. The molecule has 0 spiro atoms. The summed E-state index contributed by atoms with van der Waals surface area (Å²) < 4.78 is 21.7. The Kier molecular flexibility index (Phi) is 4.69. The number of carboxylic acids is 1. The number of hydrogen-bond donors (Lipinski definition) is 2. The number of nitrogens with zero attached hydrogens (tertiary/aromatic N) is 1. The van der Waals surface area contributed by atoms with Crippen LogP contribution in [-0.4, -0.2) is 49.3 Å². The van der Waals surface area contributed by atoms with Crippen LogP contribution in [0.15, 0.2) is 0 Å². The van der Waals surface area contributed by atoms with Crippen molar-refractivity contribution >= 4 is 16.0 Å². The average molecular weight is 250 g/mol. The number of nitrogens with two attached hydrogens (primary N) is 1. The fourth-order valence-electron chi connectivity index (χ4n) is 2.03. The van der Waals surface area contributed by atoms with Crippen molar-refractivity contribution < 1.29 is 18.3 Å². The third-order valence-corrected chi connectivity index (χ3v) is 3.57. The van der Waals surface area contributed by atoms with E-state index in [-0.39, 0.29) is 18.2 Å². The first-order chi connectivity index (χ1) is 7.38. The Bertz CT molecular complexity index is 341. The van der Waals surface area contributed by atoms with Gasteiger partial charge in [-0.15, -0.1) is 0 Å². The fraction of sp³-hybridized carbons (Fsp3) is 0.889. The summed E-state index contributed by atoms with van der Waals surface area (Å²) in [6, 6.07) is -0.0481. The number of likely N-dealkylation sites (tertiary alicyclic amines) is 1. The molecule has 1 fully saturated rings. The van der Waals surface area contributed by atoms with E-state index in [9.17, 15) is 13.2 Å². The van der Waals surface area contributed by atoms with Crippen molar-refractivity contribution in [2.24, 2.45) is 5.14 Å². The van der Waals surface area contributed by atoms with Crippen LogP contribution in [0, 0.1) is 0 Å². The lowest BCUT2D eigenvalue weighted by Crippen LogP contribution is -2.43. The number of primary sulfonamides is 1. The van der Waals surface area contributed by atoms with Crippen molar-refractivity contribution in [3.63, 3.8) is 0 Å². The summed E-state index contributed by atoms with van der Waals surface area (Å²) in [5, 5.41) is 13.7. The molecule has 1 rings (SSSR count). The van der Waals surface area contributed by atoms with Crippen LogP contribution in [0.25, 0.3) is 0 Å². The van der Waals surface area contributed by atoms with Gasteiger partial charge in [-0.25, -0.2) is 13.6 Å². The number of aliphatic carboxylic acids is 1. The molecule has 0 radical (unpaired) electrons. The molecule has 0 amide bonds. The van der Waals surface area contributed by atoms with Gasteiger partial charge in [0, 0.05) is 12.6 Å². The predicted molar refractivity (Wildman–Crippen MR) is 59.4 cm³/mol. The van der Waals surface area contributed by atoms with Crippen molar-refractivity contribution in [3.8, 4) is 0 Å². The zero-order valence-corrected chi connectivity index (χ0v) is 9.95. The summed E-state index contributed by atoms with van der Waals surface area (Å²) in [5.41, 5.74) is 0. The topological polar surface area (TPSA) is 101 Å². The van der Waals surface area contributed by atoms with Gasteiger partial charge >= 0.3 is 5.97 Å². The molecular weight excluding hydrogens is 232 g/mol. The van der Waals surface area contributed by atoms with E-state index >= 15 is 0 Å². The van der Waals surface area contributed by atoms with Crippen molar-refractivity contribution in [1.82, 2.24) is 4.90 Å². The first-order valence-corrected chi connectivity index (χ1v) is 7.06. The number of sulfonamides is 1. The molecule has 94 valence electrons. The lowest BCUT2D eigenvalue weighted by Gasteiger charge is -2.34. The van der Waals surface area contributed by atoms with Crippen LogP contribution in [-0.2, 0) is 14.8 Å². The average Bonchev–Trinajstić information content (AvgIpc) is 2.14. The number of carbonyl (C=O) groups is 1. The van der Waals surface area contributed by atoms with E-state index in [2.05, 4.69) is 0 Å². The minimum Gasteiger partial charge on any atom is -0.481 e. The fourth-order valence-corrected chi connectivity index (χ4v) is 2.52. The molecule has 1 aliphatic rings. The summed E-state index contributed by atoms with van der Waals surface area (Å²) in [4.78, 5) is 12.6. The SMILES string of the molecule is NS(=O)(=O)CCN1CCCCC1CC(=O)O. The van der Waals surface area contributed by atoms with Crippen LogP contribution in [0.2, 0.25) is 0 Å². The lowest BCUT2D eigenvalue weighted by molar-refractivity contribution is -0.138. The molecule has 7 heteroatoms. The maximum absolute atomic E-state index is 10.8. The largest absolute Gasteiger partial charge is 0.481 e. The van der Waals surface area contributed by atoms with Gasteiger partial charge in [-0.3, -0.25) is 9.69 Å². The maximum atomic E-state index is 10.8. The second-order valence-corrected chi connectivity index (χ2v) is 5.88. The van der Waals surface area contributed by atoms with E-state index in [1.807, 2.05) is 4.90 Å². The third-order valence-electron chi connectivity index (χ3n) is 2.82. The van der Waals surface area contributed by atoms with Crippen LogP contribution in [0.1, 0.15) is 25.7 Å². The summed E-state index contributed by atoms with van der Waals surface area (Å²) in [6.07, 6.45) is 2.88. The Labute approximate surface area is 95.5 Å². The predicted octanol–water partition coefficient (Wildman–Crippen LogP) is -0.396. The van der Waals surface area contributed by atoms with E-state index in [4.69, 9.17) is 10.2 Å². The van der Waals surface area contributed by atoms with Gasteiger partial charge < -0.3 is 5.11 Å². The van der Waals surface area contributed by atoms with Crippen LogP contribution < -0.4 is 5.14 Å². The van der Waals surface area contributed by atoms with E-state index in [1.54, 1.807) is 0 Å². The standard InChI is InChI=1S/C9H18N2O4S/c10-16(14,15)6-5-11-4-2-1-3-8(11)7-9(12)13/h8H,1-7H2,(H,12,13)(H2,10,14,15). The first-order valence-electron chi connectivity index (χ1n) is 5.35. The van der Waals surface area contributed by atoms with Gasteiger partial charge in [-0.2, -0.15) is 0 Å². The summed E-state index contributed by atoms with van der Waals surface area (Å²) in [7, 11) is -3.46. The molecule has 1 aliphatic heterocycles. The Morgan fingerprint density at radius 3 is 2.69 bits per heavy atom. The highest BCUT2D eigenvalue weighted by molar-refractivity contribution is 7.89. The number of hydrogen-bond acceptors (Lipinski definition) is 4. The van der Waals surface area contributed by atoms with Gasteiger partial charge in [0.15, 0.2) is 0 Å². The Hall–Kier alpha value is -0.660. The Morgan fingerprint density at radius 1 is 1.44 bits per heavy atom. The highest BCUT2D eigenvalue weighted by Crippen LogP contribution is 2.19. The molecule has 0 aromatic heterocycles. The minimum absolute atomic E-state index is 0.0481. The summed E-state index contributed by atoms with van der Waals surface area (Å²) in [6.45, 7) is 1.09. The van der Waals surface area contributed by atoms with E-state index < -0.39 is 16.0 Å². The normalized spacial score (nSPS) is 23.2. The van der Waals surface area contributed by atoms with E-state index in [1.165, 1.54) is 0 Å². The molecule has 0 saturated carbocycles. The molecule has 1 unspecified atom stereocenters. The zero-order valence-electron chi connectivity index (χ0n) is 9.13. The molecule has 6 nitrogen and oxygen atoms in total. The first kappa shape index (κ1) is 13.4. The second-order valence-electron chi connectivity index (χ2n) is 4.15.